The number of benzene rings is 5. The van der Waals surface area contributed by atoms with Gasteiger partial charge in [-0.05, 0) is 92.6 Å². The van der Waals surface area contributed by atoms with E-state index in [4.69, 9.17) is 9.97 Å². The Morgan fingerprint density at radius 2 is 1.40 bits per heavy atom. The normalized spacial score (nSPS) is 16.8. The van der Waals surface area contributed by atoms with E-state index < -0.39 is 0 Å². The molecule has 4 nitrogen and oxygen atoms in total. The molecule has 11 rings (SSSR count). The highest BCUT2D eigenvalue weighted by molar-refractivity contribution is 6.09. The van der Waals surface area contributed by atoms with Crippen LogP contribution in [0.2, 0.25) is 0 Å². The molecular formula is C58H52N4. The largest absolute Gasteiger partial charge is 0.313 e. The van der Waals surface area contributed by atoms with Crippen molar-refractivity contribution in [3.8, 4) is 34.0 Å². The van der Waals surface area contributed by atoms with Crippen molar-refractivity contribution in [3.63, 3.8) is 0 Å². The highest BCUT2D eigenvalue weighted by Crippen LogP contribution is 2.37. The third kappa shape index (κ3) is 7.08. The minimum absolute atomic E-state index is 0.226. The fourth-order valence-electron chi connectivity index (χ4n) is 10.1. The summed E-state index contributed by atoms with van der Waals surface area (Å²) in [6, 6.07) is 48.5. The molecule has 5 aromatic carbocycles. The van der Waals surface area contributed by atoms with Crippen LogP contribution in [0.5, 0.6) is 0 Å². The number of hydrogen-bond acceptors (Lipinski definition) is 2. The van der Waals surface area contributed by atoms with E-state index in [0.717, 1.165) is 66.1 Å². The van der Waals surface area contributed by atoms with Crippen molar-refractivity contribution in [1.29, 1.82) is 0 Å². The van der Waals surface area contributed by atoms with Gasteiger partial charge in [-0.3, -0.25) is 0 Å². The van der Waals surface area contributed by atoms with Crippen molar-refractivity contribution >= 4 is 40.0 Å². The predicted molar refractivity (Wildman–Crippen MR) is 259 cm³/mol. The first-order valence-corrected chi connectivity index (χ1v) is 22.8. The van der Waals surface area contributed by atoms with E-state index >= 15 is 0 Å². The molecule has 2 unspecified atom stereocenters. The summed E-state index contributed by atoms with van der Waals surface area (Å²) in [7, 11) is 0. The lowest BCUT2D eigenvalue weighted by Crippen LogP contribution is -2.32. The third-order valence-corrected chi connectivity index (χ3v) is 13.4. The molecule has 0 N–H and O–H groups in total. The van der Waals surface area contributed by atoms with Gasteiger partial charge in [-0.15, -0.1) is 0 Å². The van der Waals surface area contributed by atoms with Gasteiger partial charge in [-0.25, -0.2) is 9.97 Å². The Morgan fingerprint density at radius 1 is 0.629 bits per heavy atom. The van der Waals surface area contributed by atoms with Crippen LogP contribution in [-0.2, 0) is 6.42 Å². The molecule has 0 bridgehead atoms. The molecule has 0 saturated carbocycles. The maximum atomic E-state index is 5.17. The van der Waals surface area contributed by atoms with E-state index in [2.05, 4.69) is 192 Å². The summed E-state index contributed by atoms with van der Waals surface area (Å²) in [6.45, 7) is 2.27. The van der Waals surface area contributed by atoms with Crippen LogP contribution in [0.25, 0.3) is 74.1 Å². The summed E-state index contributed by atoms with van der Waals surface area (Å²) >= 11 is 0. The van der Waals surface area contributed by atoms with Crippen molar-refractivity contribution in [2.24, 2.45) is 0 Å². The molecule has 304 valence electrons. The molecule has 2 atom stereocenters. The molecule has 0 amide bonds. The molecule has 3 heterocycles. The van der Waals surface area contributed by atoms with Gasteiger partial charge in [0, 0.05) is 66.9 Å². The van der Waals surface area contributed by atoms with E-state index in [1.165, 1.54) is 86.1 Å². The average molecular weight is 805 g/mol. The van der Waals surface area contributed by atoms with Crippen molar-refractivity contribution < 1.29 is 0 Å². The number of aromatic nitrogens is 4. The van der Waals surface area contributed by atoms with E-state index in [1.54, 1.807) is 0 Å². The summed E-state index contributed by atoms with van der Waals surface area (Å²) in [4.78, 5) is 10.3. The van der Waals surface area contributed by atoms with E-state index in [0.29, 0.717) is 5.92 Å². The minimum Gasteiger partial charge on any atom is -0.313 e. The Labute approximate surface area is 364 Å². The summed E-state index contributed by atoms with van der Waals surface area (Å²) in [5.41, 5.74) is 14.6. The van der Waals surface area contributed by atoms with Crippen LogP contribution < -0.4 is 10.6 Å². The lowest BCUT2D eigenvalue weighted by atomic mass is 9.90. The molecule has 4 heteroatoms. The average Bonchev–Trinajstić information content (AvgIpc) is 3.86. The molecular weight excluding hydrogens is 753 g/mol. The van der Waals surface area contributed by atoms with Crippen molar-refractivity contribution in [3.05, 3.63) is 196 Å². The molecule has 3 aliphatic rings. The fraction of sp³-hybridized carbons (Fsp3) is 0.207. The number of fused-ring (bicyclic) bond motifs is 6. The van der Waals surface area contributed by atoms with Crippen LogP contribution in [0.3, 0.4) is 0 Å². The molecule has 0 fully saturated rings. The Hall–Kier alpha value is -6.78. The van der Waals surface area contributed by atoms with Crippen LogP contribution >= 0.6 is 0 Å². The Balaban J connectivity index is 0.929. The molecule has 3 aromatic heterocycles. The first-order chi connectivity index (χ1) is 30.7. The van der Waals surface area contributed by atoms with E-state index in [1.807, 2.05) is 0 Å². The highest BCUT2D eigenvalue weighted by atomic mass is 15.0. The van der Waals surface area contributed by atoms with Gasteiger partial charge in [0.15, 0.2) is 5.82 Å². The molecule has 3 aliphatic carbocycles. The monoisotopic (exact) mass is 804 g/mol. The maximum absolute atomic E-state index is 5.17. The van der Waals surface area contributed by atoms with E-state index in [9.17, 15) is 0 Å². The summed E-state index contributed by atoms with van der Waals surface area (Å²) < 4.78 is 4.93. The van der Waals surface area contributed by atoms with Crippen LogP contribution in [0.4, 0.5) is 0 Å². The van der Waals surface area contributed by atoms with Crippen LogP contribution in [0.15, 0.2) is 163 Å². The van der Waals surface area contributed by atoms with Gasteiger partial charge in [-0.2, -0.15) is 0 Å². The van der Waals surface area contributed by atoms with Crippen LogP contribution in [0, 0.1) is 0 Å². The highest BCUT2D eigenvalue weighted by Gasteiger charge is 2.23. The number of allylic oxidation sites excluding steroid dienone is 5. The topological polar surface area (TPSA) is 35.6 Å². The second-order valence-electron chi connectivity index (χ2n) is 17.3. The zero-order valence-electron chi connectivity index (χ0n) is 35.6. The van der Waals surface area contributed by atoms with Gasteiger partial charge < -0.3 is 9.13 Å². The van der Waals surface area contributed by atoms with Gasteiger partial charge in [-0.1, -0.05) is 159 Å². The van der Waals surface area contributed by atoms with Gasteiger partial charge in [0.05, 0.1) is 22.4 Å². The zero-order chi connectivity index (χ0) is 41.4. The smallest absolute Gasteiger partial charge is 0.160 e. The Bertz CT molecular complexity index is 3160. The number of unbranched alkanes of at least 4 members (excludes halogenated alkanes) is 3. The van der Waals surface area contributed by atoms with Crippen LogP contribution in [0.1, 0.15) is 92.6 Å². The van der Waals surface area contributed by atoms with Crippen molar-refractivity contribution in [2.75, 3.05) is 0 Å². The zero-order valence-corrected chi connectivity index (χ0v) is 35.6. The molecule has 0 saturated heterocycles. The third-order valence-electron chi connectivity index (χ3n) is 13.4. The Morgan fingerprint density at radius 3 is 2.23 bits per heavy atom. The standard InChI is InChI=1S/C58H52N4/c1-2-3-4-7-16-40-25-27-41(28-26-40)52-39-53(60-58(59-52)43-17-8-5-9-18-43)42-29-33-47(34-30-42)62-55-24-15-13-22-49(55)51-38-45(32-36-57(51)62)44-31-35-56-50(37-44)48-21-12-14-23-54(48)61(56)46-19-10-6-11-20-46/h5-6,8-13,15,17-22,24-27,29-30,32-39,41,44H,2-4,7,14,16,23,28,31H2,1H3. The van der Waals surface area contributed by atoms with Gasteiger partial charge in [0.25, 0.3) is 0 Å². The molecule has 0 spiro atoms. The molecule has 62 heavy (non-hydrogen) atoms. The van der Waals surface area contributed by atoms with Gasteiger partial charge >= 0.3 is 0 Å². The Kier molecular flexibility index (Phi) is 10.2. The molecule has 0 radical (unpaired) electrons. The first kappa shape index (κ1) is 38.2. The second kappa shape index (κ2) is 16.6. The lowest BCUT2D eigenvalue weighted by Gasteiger charge is -2.18. The summed E-state index contributed by atoms with van der Waals surface area (Å²) in [5, 5.41) is 5.28. The molecule has 8 aromatic rings. The lowest BCUT2D eigenvalue weighted by molar-refractivity contribution is 0.664. The fourth-order valence-corrected chi connectivity index (χ4v) is 10.1. The first-order valence-electron chi connectivity index (χ1n) is 22.8. The maximum Gasteiger partial charge on any atom is 0.160 e. The summed E-state index contributed by atoms with van der Waals surface area (Å²) in [5.74, 6) is 1.30. The number of para-hydroxylation sites is 2. The number of hydrogen-bond donors (Lipinski definition) is 0. The van der Waals surface area contributed by atoms with Gasteiger partial charge in [0.1, 0.15) is 0 Å². The minimum atomic E-state index is 0.226. The van der Waals surface area contributed by atoms with Gasteiger partial charge in [0.2, 0.25) is 0 Å². The SMILES string of the molecule is CCCCCCC1=CCC(c2cc(-c3ccc(-n4c5ccccc5c5cc(C6C=c7c8c(n(-c9ccccc9)c7=CC6)CCC=C8)ccc54)cc3)nc(-c3ccccc3)n2)C=C1. The number of rotatable bonds is 11. The molecule has 0 aliphatic heterocycles. The number of nitrogens with zero attached hydrogens (tertiary/aromatic N) is 4. The predicted octanol–water partition coefficient (Wildman–Crippen LogP) is 13.3. The second-order valence-corrected chi connectivity index (χ2v) is 17.3. The van der Waals surface area contributed by atoms with Crippen molar-refractivity contribution in [2.45, 2.75) is 76.5 Å². The van der Waals surface area contributed by atoms with E-state index in [-0.39, 0.29) is 5.92 Å². The summed E-state index contributed by atoms with van der Waals surface area (Å²) in [6.07, 6.45) is 27.3. The van der Waals surface area contributed by atoms with Crippen LogP contribution in [-0.4, -0.2) is 19.1 Å². The quantitative estimate of drug-likeness (QED) is 0.122. The van der Waals surface area contributed by atoms with Crippen molar-refractivity contribution in [1.82, 2.24) is 19.1 Å².